The molecular weight excluding hydrogens is 344 g/mol. The fourth-order valence-corrected chi connectivity index (χ4v) is 2.84. The van der Waals surface area contributed by atoms with Crippen LogP contribution in [0.15, 0.2) is 24.3 Å². The first-order chi connectivity index (χ1) is 13.1. The van der Waals surface area contributed by atoms with Gasteiger partial charge in [0.05, 0.1) is 17.7 Å². The standard InChI is InChI=1S/C22H34O5/c1-4-6-7-8-12-18(13-11-17-25-3)27-22(24)20-15-10-9-14-19(20)21(23)26-16-5-2/h9-10,14-15,18H,4-8,11-13,16-17H2,1-3H3. The summed E-state index contributed by atoms with van der Waals surface area (Å²) in [7, 11) is 1.67. The van der Waals surface area contributed by atoms with Crippen LogP contribution in [0.4, 0.5) is 0 Å². The van der Waals surface area contributed by atoms with Gasteiger partial charge in [0.2, 0.25) is 0 Å². The maximum Gasteiger partial charge on any atom is 0.339 e. The van der Waals surface area contributed by atoms with Crippen molar-refractivity contribution in [3.05, 3.63) is 35.4 Å². The third kappa shape index (κ3) is 9.05. The lowest BCUT2D eigenvalue weighted by Gasteiger charge is -2.19. The highest BCUT2D eigenvalue weighted by Crippen LogP contribution is 2.18. The molecule has 0 aliphatic rings. The summed E-state index contributed by atoms with van der Waals surface area (Å²) in [5.41, 5.74) is 0.529. The molecule has 5 nitrogen and oxygen atoms in total. The van der Waals surface area contributed by atoms with E-state index in [1.165, 1.54) is 12.8 Å². The predicted octanol–water partition coefficient (Wildman–Crippen LogP) is 5.18. The average Bonchev–Trinajstić information content (AvgIpc) is 2.69. The Morgan fingerprint density at radius 1 is 0.852 bits per heavy atom. The molecular formula is C22H34O5. The monoisotopic (exact) mass is 378 g/mol. The van der Waals surface area contributed by atoms with Crippen LogP contribution in [-0.2, 0) is 14.2 Å². The van der Waals surface area contributed by atoms with Crippen LogP contribution in [0.25, 0.3) is 0 Å². The van der Waals surface area contributed by atoms with Gasteiger partial charge in [-0.2, -0.15) is 0 Å². The van der Waals surface area contributed by atoms with E-state index < -0.39 is 11.9 Å². The number of carbonyl (C=O) groups is 2. The zero-order valence-electron chi connectivity index (χ0n) is 17.0. The predicted molar refractivity (Wildman–Crippen MR) is 106 cm³/mol. The van der Waals surface area contributed by atoms with Crippen molar-refractivity contribution in [1.82, 2.24) is 0 Å². The van der Waals surface area contributed by atoms with Gasteiger partial charge in [0.15, 0.2) is 0 Å². The minimum absolute atomic E-state index is 0.163. The molecule has 0 heterocycles. The van der Waals surface area contributed by atoms with Crippen LogP contribution in [0.3, 0.4) is 0 Å². The third-order valence-corrected chi connectivity index (χ3v) is 4.33. The Morgan fingerprint density at radius 3 is 2.15 bits per heavy atom. The molecule has 0 aliphatic heterocycles. The second-order valence-electron chi connectivity index (χ2n) is 6.69. The van der Waals surface area contributed by atoms with Gasteiger partial charge in [0.1, 0.15) is 6.10 Å². The molecule has 1 unspecified atom stereocenters. The Balaban J connectivity index is 2.76. The van der Waals surface area contributed by atoms with Gasteiger partial charge >= 0.3 is 11.9 Å². The zero-order valence-corrected chi connectivity index (χ0v) is 17.0. The maximum absolute atomic E-state index is 12.7. The molecule has 0 bridgehead atoms. The lowest BCUT2D eigenvalue weighted by atomic mass is 10.0. The summed E-state index contributed by atoms with van der Waals surface area (Å²) in [5, 5.41) is 0. The topological polar surface area (TPSA) is 61.8 Å². The van der Waals surface area contributed by atoms with Crippen molar-refractivity contribution < 1.29 is 23.8 Å². The highest BCUT2D eigenvalue weighted by Gasteiger charge is 2.22. The highest BCUT2D eigenvalue weighted by atomic mass is 16.5. The van der Waals surface area contributed by atoms with Gasteiger partial charge in [0, 0.05) is 13.7 Å². The number of benzene rings is 1. The molecule has 1 aromatic rings. The van der Waals surface area contributed by atoms with Gasteiger partial charge in [0.25, 0.3) is 0 Å². The molecule has 0 saturated heterocycles. The van der Waals surface area contributed by atoms with Crippen LogP contribution < -0.4 is 0 Å². The van der Waals surface area contributed by atoms with Gasteiger partial charge in [-0.1, -0.05) is 45.2 Å². The molecule has 0 N–H and O–H groups in total. The lowest BCUT2D eigenvalue weighted by Crippen LogP contribution is -2.21. The SMILES string of the molecule is CCCCCCC(CCCOC)OC(=O)c1ccccc1C(=O)OCCC. The van der Waals surface area contributed by atoms with Crippen LogP contribution in [0.2, 0.25) is 0 Å². The van der Waals surface area contributed by atoms with E-state index in [1.807, 2.05) is 6.92 Å². The summed E-state index contributed by atoms with van der Waals surface area (Å²) < 4.78 is 16.0. The van der Waals surface area contributed by atoms with E-state index in [0.29, 0.717) is 13.2 Å². The number of carbonyl (C=O) groups excluding carboxylic acids is 2. The van der Waals surface area contributed by atoms with Crippen molar-refractivity contribution in [2.45, 2.75) is 71.3 Å². The Labute approximate surface area is 163 Å². The first-order valence-corrected chi connectivity index (χ1v) is 10.1. The Morgan fingerprint density at radius 2 is 1.52 bits per heavy atom. The number of unbranched alkanes of at least 4 members (excludes halogenated alkanes) is 3. The van der Waals surface area contributed by atoms with Crippen molar-refractivity contribution in [2.75, 3.05) is 20.3 Å². The molecule has 27 heavy (non-hydrogen) atoms. The summed E-state index contributed by atoms with van der Waals surface area (Å²) in [6.45, 7) is 5.07. The Bertz CT molecular complexity index is 555. The van der Waals surface area contributed by atoms with E-state index in [1.54, 1.807) is 31.4 Å². The van der Waals surface area contributed by atoms with Crippen LogP contribution in [0, 0.1) is 0 Å². The number of hydrogen-bond donors (Lipinski definition) is 0. The summed E-state index contributed by atoms with van der Waals surface area (Å²) in [6, 6.07) is 6.68. The zero-order chi connectivity index (χ0) is 19.9. The van der Waals surface area contributed by atoms with E-state index in [4.69, 9.17) is 14.2 Å². The first kappa shape index (κ1) is 23.2. The quantitative estimate of drug-likeness (QED) is 0.330. The van der Waals surface area contributed by atoms with Gasteiger partial charge < -0.3 is 14.2 Å². The van der Waals surface area contributed by atoms with E-state index in [0.717, 1.165) is 38.5 Å². The number of esters is 2. The first-order valence-electron chi connectivity index (χ1n) is 10.1. The second kappa shape index (κ2) is 14.2. The van der Waals surface area contributed by atoms with Crippen molar-refractivity contribution in [3.8, 4) is 0 Å². The summed E-state index contributed by atoms with van der Waals surface area (Å²) >= 11 is 0. The molecule has 0 aliphatic carbocycles. The Kier molecular flexibility index (Phi) is 12.2. The summed E-state index contributed by atoms with van der Waals surface area (Å²) in [5.74, 6) is -0.944. The normalized spacial score (nSPS) is 11.8. The van der Waals surface area contributed by atoms with Crippen LogP contribution in [0.5, 0.6) is 0 Å². The van der Waals surface area contributed by atoms with Gasteiger partial charge in [-0.15, -0.1) is 0 Å². The van der Waals surface area contributed by atoms with Crippen molar-refractivity contribution in [1.29, 1.82) is 0 Å². The number of ether oxygens (including phenoxy) is 3. The molecule has 5 heteroatoms. The van der Waals surface area contributed by atoms with E-state index >= 15 is 0 Å². The molecule has 0 amide bonds. The fraction of sp³-hybridized carbons (Fsp3) is 0.636. The summed E-state index contributed by atoms with van der Waals surface area (Å²) in [4.78, 5) is 24.9. The molecule has 0 radical (unpaired) electrons. The second-order valence-corrected chi connectivity index (χ2v) is 6.69. The molecule has 0 fully saturated rings. The number of methoxy groups -OCH3 is 1. The minimum Gasteiger partial charge on any atom is -0.462 e. The Hall–Kier alpha value is -1.88. The van der Waals surface area contributed by atoms with Gasteiger partial charge in [-0.3, -0.25) is 0 Å². The van der Waals surface area contributed by atoms with Crippen molar-refractivity contribution in [3.63, 3.8) is 0 Å². The van der Waals surface area contributed by atoms with Crippen molar-refractivity contribution in [2.24, 2.45) is 0 Å². The summed E-state index contributed by atoms with van der Waals surface area (Å²) in [6.07, 6.45) is 7.51. The number of rotatable bonds is 14. The molecule has 0 spiro atoms. The van der Waals surface area contributed by atoms with Crippen LogP contribution in [0.1, 0.15) is 85.9 Å². The molecule has 1 rings (SSSR count). The van der Waals surface area contributed by atoms with Crippen LogP contribution in [-0.4, -0.2) is 38.4 Å². The highest BCUT2D eigenvalue weighted by molar-refractivity contribution is 6.03. The van der Waals surface area contributed by atoms with Crippen molar-refractivity contribution >= 4 is 11.9 Å². The van der Waals surface area contributed by atoms with Crippen LogP contribution >= 0.6 is 0 Å². The van der Waals surface area contributed by atoms with E-state index in [2.05, 4.69) is 6.92 Å². The van der Waals surface area contributed by atoms with Gasteiger partial charge in [-0.25, -0.2) is 9.59 Å². The number of hydrogen-bond acceptors (Lipinski definition) is 5. The average molecular weight is 379 g/mol. The smallest absolute Gasteiger partial charge is 0.339 e. The minimum atomic E-state index is -0.483. The molecule has 1 aromatic carbocycles. The lowest BCUT2D eigenvalue weighted by molar-refractivity contribution is 0.0224. The maximum atomic E-state index is 12.7. The molecule has 0 saturated carbocycles. The molecule has 152 valence electrons. The molecule has 1 atom stereocenters. The molecule has 0 aromatic heterocycles. The third-order valence-electron chi connectivity index (χ3n) is 4.33. The largest absolute Gasteiger partial charge is 0.462 e. The van der Waals surface area contributed by atoms with Gasteiger partial charge in [-0.05, 0) is 44.2 Å². The van der Waals surface area contributed by atoms with E-state index in [-0.39, 0.29) is 17.2 Å². The van der Waals surface area contributed by atoms with E-state index in [9.17, 15) is 9.59 Å². The fourth-order valence-electron chi connectivity index (χ4n) is 2.84.